The Hall–Kier alpha value is -2.74. The predicted molar refractivity (Wildman–Crippen MR) is 89.6 cm³/mol. The average molecular weight is 344 g/mol. The Bertz CT molecular complexity index is 967. The summed E-state index contributed by atoms with van der Waals surface area (Å²) in [5.74, 6) is -0.838. The lowest BCUT2D eigenvalue weighted by Crippen LogP contribution is -2.22. The van der Waals surface area contributed by atoms with Gasteiger partial charge < -0.3 is 9.30 Å². The Morgan fingerprint density at radius 2 is 2.08 bits per heavy atom. The smallest absolute Gasteiger partial charge is 0.325 e. The lowest BCUT2D eigenvalue weighted by molar-refractivity contribution is -0.141. The van der Waals surface area contributed by atoms with Crippen LogP contribution in [0, 0.1) is 0 Å². The molecule has 2 heterocycles. The van der Waals surface area contributed by atoms with E-state index in [2.05, 4.69) is 10.1 Å². The fourth-order valence-electron chi connectivity index (χ4n) is 2.25. The fraction of sp³-hybridized carbons (Fsp3) is 0.250. The molecule has 24 heavy (non-hydrogen) atoms. The van der Waals surface area contributed by atoms with E-state index < -0.39 is 11.9 Å². The van der Waals surface area contributed by atoms with Crippen molar-refractivity contribution in [1.29, 1.82) is 0 Å². The normalized spacial score (nSPS) is 11.8. The molecule has 0 aliphatic heterocycles. The van der Waals surface area contributed by atoms with Crippen molar-refractivity contribution < 1.29 is 14.3 Å². The monoisotopic (exact) mass is 344 g/mol. The van der Waals surface area contributed by atoms with Crippen molar-refractivity contribution in [2.45, 2.75) is 20.0 Å². The molecule has 0 bridgehead atoms. The van der Waals surface area contributed by atoms with Gasteiger partial charge in [-0.1, -0.05) is 23.5 Å². The molecule has 8 heteroatoms. The van der Waals surface area contributed by atoms with Crippen molar-refractivity contribution in [2.24, 2.45) is 4.99 Å². The van der Waals surface area contributed by atoms with Crippen LogP contribution in [0.3, 0.4) is 0 Å². The van der Waals surface area contributed by atoms with Crippen LogP contribution in [0.15, 0.2) is 41.5 Å². The van der Waals surface area contributed by atoms with Crippen molar-refractivity contribution in [3.63, 3.8) is 0 Å². The summed E-state index contributed by atoms with van der Waals surface area (Å²) in [7, 11) is 1.33. The molecule has 1 amide bonds. The number of carbonyl (C=O) groups is 2. The molecule has 0 atom stereocenters. The zero-order chi connectivity index (χ0) is 17.1. The Kier molecular flexibility index (Phi) is 4.57. The molecule has 3 rings (SSSR count). The van der Waals surface area contributed by atoms with Gasteiger partial charge in [0.25, 0.3) is 5.91 Å². The number of ether oxygens (including phenoxy) is 1. The van der Waals surface area contributed by atoms with Crippen molar-refractivity contribution in [2.75, 3.05) is 7.11 Å². The first-order valence-corrected chi connectivity index (χ1v) is 8.21. The Labute approximate surface area is 141 Å². The van der Waals surface area contributed by atoms with Crippen LogP contribution < -0.4 is 4.80 Å². The molecule has 0 spiro atoms. The van der Waals surface area contributed by atoms with Crippen LogP contribution >= 0.6 is 11.3 Å². The number of aryl methyl sites for hydroxylation is 1. The highest BCUT2D eigenvalue weighted by Crippen LogP contribution is 2.16. The maximum Gasteiger partial charge on any atom is 0.325 e. The first-order valence-electron chi connectivity index (χ1n) is 7.40. The van der Waals surface area contributed by atoms with E-state index in [1.807, 2.05) is 31.2 Å². The van der Waals surface area contributed by atoms with E-state index in [0.717, 1.165) is 10.2 Å². The highest BCUT2D eigenvalue weighted by atomic mass is 32.1. The molecular weight excluding hydrogens is 328 g/mol. The van der Waals surface area contributed by atoms with Gasteiger partial charge >= 0.3 is 5.97 Å². The fourth-order valence-corrected chi connectivity index (χ4v) is 3.28. The minimum absolute atomic E-state index is 0.00394. The lowest BCUT2D eigenvalue weighted by Gasteiger charge is -2.03. The van der Waals surface area contributed by atoms with Gasteiger partial charge in [0.2, 0.25) is 0 Å². The molecule has 1 aromatic carbocycles. The molecule has 0 unspecified atom stereocenters. The van der Waals surface area contributed by atoms with E-state index in [1.165, 1.54) is 18.4 Å². The number of fused-ring (bicyclic) bond motifs is 1. The number of nitrogens with zero attached hydrogens (tertiary/aromatic N) is 4. The van der Waals surface area contributed by atoms with Crippen molar-refractivity contribution in [3.8, 4) is 0 Å². The number of hydrogen-bond acceptors (Lipinski definition) is 5. The number of rotatable bonds is 4. The van der Waals surface area contributed by atoms with Gasteiger partial charge in [0.05, 0.1) is 17.3 Å². The maximum atomic E-state index is 12.4. The number of aromatic nitrogens is 3. The molecule has 0 saturated carbocycles. The minimum Gasteiger partial charge on any atom is -0.468 e. The standard InChI is InChI=1S/C16H16N4O3S/c1-3-19-9-8-11(18-19)15(22)17-16-20(10-14(21)23-2)12-6-4-5-7-13(12)24-16/h4-9H,3,10H2,1-2H3. The summed E-state index contributed by atoms with van der Waals surface area (Å²) in [6.07, 6.45) is 1.73. The average Bonchev–Trinajstić information content (AvgIpc) is 3.20. The number of esters is 1. The molecule has 0 radical (unpaired) electrons. The van der Waals surface area contributed by atoms with E-state index in [4.69, 9.17) is 4.74 Å². The molecular formula is C16H16N4O3S. The van der Waals surface area contributed by atoms with E-state index in [1.54, 1.807) is 21.5 Å². The number of benzene rings is 1. The van der Waals surface area contributed by atoms with Gasteiger partial charge in [-0.2, -0.15) is 10.1 Å². The molecule has 3 aromatic rings. The Morgan fingerprint density at radius 3 is 2.79 bits per heavy atom. The summed E-state index contributed by atoms with van der Waals surface area (Å²) in [4.78, 5) is 28.7. The van der Waals surface area contributed by atoms with Crippen LogP contribution in [0.1, 0.15) is 17.4 Å². The largest absolute Gasteiger partial charge is 0.468 e. The lowest BCUT2D eigenvalue weighted by atomic mass is 10.3. The van der Waals surface area contributed by atoms with Crippen molar-refractivity contribution in [3.05, 3.63) is 47.0 Å². The number of hydrogen-bond donors (Lipinski definition) is 0. The highest BCUT2D eigenvalue weighted by molar-refractivity contribution is 7.16. The summed E-state index contributed by atoms with van der Waals surface area (Å²) < 4.78 is 9.02. The first-order chi connectivity index (χ1) is 11.6. The van der Waals surface area contributed by atoms with Gasteiger partial charge in [0, 0.05) is 12.7 Å². The molecule has 2 aromatic heterocycles. The molecule has 0 N–H and O–H groups in total. The highest BCUT2D eigenvalue weighted by Gasteiger charge is 2.13. The molecule has 0 saturated heterocycles. The number of thiazole rings is 1. The van der Waals surface area contributed by atoms with Gasteiger partial charge in [-0.05, 0) is 25.1 Å². The first kappa shape index (κ1) is 16.1. The molecule has 124 valence electrons. The molecule has 7 nitrogen and oxygen atoms in total. The van der Waals surface area contributed by atoms with Gasteiger partial charge in [-0.25, -0.2) is 0 Å². The number of carbonyl (C=O) groups excluding carboxylic acids is 2. The number of methoxy groups -OCH3 is 1. The summed E-state index contributed by atoms with van der Waals surface area (Å²) in [5.41, 5.74) is 1.11. The van der Waals surface area contributed by atoms with E-state index in [0.29, 0.717) is 11.3 Å². The Balaban J connectivity index is 2.08. The van der Waals surface area contributed by atoms with Crippen LogP contribution in [0.5, 0.6) is 0 Å². The molecule has 0 fully saturated rings. The summed E-state index contributed by atoms with van der Waals surface area (Å²) in [6, 6.07) is 9.20. The van der Waals surface area contributed by atoms with Crippen molar-refractivity contribution in [1.82, 2.24) is 14.3 Å². The second-order valence-electron chi connectivity index (χ2n) is 4.99. The van der Waals surface area contributed by atoms with E-state index in [9.17, 15) is 9.59 Å². The van der Waals surface area contributed by atoms with Gasteiger partial charge in [0.15, 0.2) is 10.5 Å². The van der Waals surface area contributed by atoms with E-state index >= 15 is 0 Å². The van der Waals surface area contributed by atoms with Crippen LogP contribution in [-0.4, -0.2) is 33.3 Å². The number of amides is 1. The summed E-state index contributed by atoms with van der Waals surface area (Å²) in [6.45, 7) is 2.61. The third-order valence-corrected chi connectivity index (χ3v) is 4.54. The zero-order valence-electron chi connectivity index (χ0n) is 13.3. The quantitative estimate of drug-likeness (QED) is 0.677. The molecule has 0 aliphatic carbocycles. The number of para-hydroxylation sites is 1. The minimum atomic E-state index is -0.438. The topological polar surface area (TPSA) is 78.5 Å². The van der Waals surface area contributed by atoms with Crippen LogP contribution in [0.2, 0.25) is 0 Å². The van der Waals surface area contributed by atoms with E-state index in [-0.39, 0.29) is 12.2 Å². The summed E-state index contributed by atoms with van der Waals surface area (Å²) in [5, 5.41) is 4.16. The van der Waals surface area contributed by atoms with Gasteiger partial charge in [0.1, 0.15) is 6.54 Å². The van der Waals surface area contributed by atoms with Gasteiger partial charge in [-0.15, -0.1) is 0 Å². The second kappa shape index (κ2) is 6.79. The maximum absolute atomic E-state index is 12.4. The third kappa shape index (κ3) is 3.13. The second-order valence-corrected chi connectivity index (χ2v) is 6.00. The SMILES string of the molecule is CCn1ccc(C(=O)N=c2sc3ccccc3n2CC(=O)OC)n1. The predicted octanol–water partition coefficient (Wildman–Crippen LogP) is 1.83. The van der Waals surface area contributed by atoms with Crippen molar-refractivity contribution >= 4 is 33.4 Å². The Morgan fingerprint density at radius 1 is 1.29 bits per heavy atom. The van der Waals surface area contributed by atoms with Crippen LogP contribution in [0.4, 0.5) is 0 Å². The van der Waals surface area contributed by atoms with Gasteiger partial charge in [-0.3, -0.25) is 14.3 Å². The van der Waals surface area contributed by atoms with Crippen LogP contribution in [0.25, 0.3) is 10.2 Å². The van der Waals surface area contributed by atoms with Crippen LogP contribution in [-0.2, 0) is 22.6 Å². The molecule has 0 aliphatic rings. The zero-order valence-corrected chi connectivity index (χ0v) is 14.1. The summed E-state index contributed by atoms with van der Waals surface area (Å²) >= 11 is 1.35. The third-order valence-electron chi connectivity index (χ3n) is 3.48.